The maximum Gasteiger partial charge on any atom is 0.0638 e. The van der Waals surface area contributed by atoms with Gasteiger partial charge in [-0.05, 0) is 30.0 Å². The van der Waals surface area contributed by atoms with Crippen LogP contribution in [0.1, 0.15) is 30.9 Å². The Morgan fingerprint density at radius 3 is 2.42 bits per heavy atom. The molecule has 0 saturated heterocycles. The van der Waals surface area contributed by atoms with Crippen molar-refractivity contribution < 1.29 is 0 Å². The van der Waals surface area contributed by atoms with E-state index in [0.29, 0.717) is 16.6 Å². The molecule has 0 aliphatic carbocycles. The summed E-state index contributed by atoms with van der Waals surface area (Å²) in [5, 5.41) is 0.650. The fourth-order valence-electron chi connectivity index (χ4n) is 1.34. The van der Waals surface area contributed by atoms with Crippen molar-refractivity contribution in [2.24, 2.45) is 0 Å². The number of anilines is 1. The molecule has 0 saturated carbocycles. The zero-order chi connectivity index (χ0) is 9.30. The largest absolute Gasteiger partial charge is 0.397 e. The molecule has 0 unspecified atom stereocenters. The molecule has 0 spiro atoms. The van der Waals surface area contributed by atoms with E-state index in [0.717, 1.165) is 5.56 Å². The lowest BCUT2D eigenvalue weighted by atomic mass is 9.97. The van der Waals surface area contributed by atoms with Gasteiger partial charge in [-0.25, -0.2) is 0 Å². The number of halogens is 1. The van der Waals surface area contributed by atoms with Crippen molar-refractivity contribution in [3.05, 3.63) is 28.3 Å². The molecule has 0 aliphatic heterocycles. The number of hydrogen-bond acceptors (Lipinski definition) is 1. The summed E-state index contributed by atoms with van der Waals surface area (Å²) in [4.78, 5) is 0. The van der Waals surface area contributed by atoms with Crippen molar-refractivity contribution in [3.8, 4) is 0 Å². The van der Waals surface area contributed by atoms with Gasteiger partial charge in [-0.15, -0.1) is 0 Å². The second-order valence-corrected chi connectivity index (χ2v) is 3.74. The van der Waals surface area contributed by atoms with E-state index in [2.05, 4.69) is 13.8 Å². The quantitative estimate of drug-likeness (QED) is 0.664. The van der Waals surface area contributed by atoms with Gasteiger partial charge in [0.25, 0.3) is 0 Å². The average Bonchev–Trinajstić information content (AvgIpc) is 2.00. The summed E-state index contributed by atoms with van der Waals surface area (Å²) in [6.07, 6.45) is 0. The smallest absolute Gasteiger partial charge is 0.0638 e. The second kappa shape index (κ2) is 3.36. The standard InChI is InChI=1S/C10H14ClN/c1-6(2)8-4-5-9(11)10(12)7(8)3/h4-6H,12H2,1-3H3. The van der Waals surface area contributed by atoms with Crippen LogP contribution >= 0.6 is 11.6 Å². The first-order chi connectivity index (χ1) is 5.54. The number of nitrogen functional groups attached to an aromatic ring is 1. The van der Waals surface area contributed by atoms with Crippen LogP contribution in [0.4, 0.5) is 5.69 Å². The summed E-state index contributed by atoms with van der Waals surface area (Å²) in [6.45, 7) is 6.31. The van der Waals surface area contributed by atoms with Crippen molar-refractivity contribution in [1.82, 2.24) is 0 Å². The molecule has 0 amide bonds. The van der Waals surface area contributed by atoms with E-state index in [9.17, 15) is 0 Å². The van der Waals surface area contributed by atoms with Crippen molar-refractivity contribution in [2.45, 2.75) is 26.7 Å². The third-order valence-corrected chi connectivity index (χ3v) is 2.46. The van der Waals surface area contributed by atoms with E-state index in [4.69, 9.17) is 17.3 Å². The molecule has 0 aliphatic rings. The zero-order valence-electron chi connectivity index (χ0n) is 7.69. The maximum absolute atomic E-state index is 5.87. The Balaban J connectivity index is 3.27. The highest BCUT2D eigenvalue weighted by Gasteiger charge is 2.07. The molecule has 0 fully saturated rings. The van der Waals surface area contributed by atoms with Crippen LogP contribution in [0.15, 0.2) is 12.1 Å². The van der Waals surface area contributed by atoms with Gasteiger partial charge >= 0.3 is 0 Å². The normalized spacial score (nSPS) is 10.8. The Morgan fingerprint density at radius 2 is 1.92 bits per heavy atom. The molecule has 66 valence electrons. The number of nitrogens with two attached hydrogens (primary N) is 1. The molecule has 0 radical (unpaired) electrons. The van der Waals surface area contributed by atoms with Gasteiger partial charge in [0.05, 0.1) is 10.7 Å². The second-order valence-electron chi connectivity index (χ2n) is 3.33. The van der Waals surface area contributed by atoms with Crippen LogP contribution < -0.4 is 5.73 Å². The van der Waals surface area contributed by atoms with Crippen LogP contribution in [0, 0.1) is 6.92 Å². The molecule has 0 bridgehead atoms. The Bertz CT molecular complexity index is 292. The van der Waals surface area contributed by atoms with Crippen molar-refractivity contribution in [3.63, 3.8) is 0 Å². The molecule has 2 heteroatoms. The molecule has 1 nitrogen and oxygen atoms in total. The molecule has 0 aromatic heterocycles. The minimum atomic E-state index is 0.504. The van der Waals surface area contributed by atoms with Gasteiger partial charge in [0.1, 0.15) is 0 Å². The Kier molecular flexibility index (Phi) is 2.63. The fourth-order valence-corrected chi connectivity index (χ4v) is 1.54. The van der Waals surface area contributed by atoms with Gasteiger partial charge < -0.3 is 5.73 Å². The van der Waals surface area contributed by atoms with Gasteiger partial charge in [0.15, 0.2) is 0 Å². The summed E-state index contributed by atoms with van der Waals surface area (Å²) < 4.78 is 0. The molecule has 1 aromatic carbocycles. The van der Waals surface area contributed by atoms with E-state index >= 15 is 0 Å². The number of rotatable bonds is 1. The third-order valence-electron chi connectivity index (χ3n) is 2.13. The first-order valence-electron chi connectivity index (χ1n) is 4.08. The van der Waals surface area contributed by atoms with Crippen molar-refractivity contribution in [1.29, 1.82) is 0 Å². The van der Waals surface area contributed by atoms with Gasteiger partial charge in [-0.1, -0.05) is 31.5 Å². The van der Waals surface area contributed by atoms with Crippen molar-refractivity contribution in [2.75, 3.05) is 5.73 Å². The molecule has 12 heavy (non-hydrogen) atoms. The predicted octanol–water partition coefficient (Wildman–Crippen LogP) is 3.35. The lowest BCUT2D eigenvalue weighted by molar-refractivity contribution is 0.857. The van der Waals surface area contributed by atoms with E-state index in [-0.39, 0.29) is 0 Å². The molecular weight excluding hydrogens is 170 g/mol. The van der Waals surface area contributed by atoms with Gasteiger partial charge in [0, 0.05) is 0 Å². The lowest BCUT2D eigenvalue weighted by Crippen LogP contribution is -1.97. The molecule has 0 heterocycles. The molecule has 2 N–H and O–H groups in total. The molecule has 1 aromatic rings. The molecule has 0 atom stereocenters. The van der Waals surface area contributed by atoms with Crippen LogP contribution in [-0.2, 0) is 0 Å². The predicted molar refractivity (Wildman–Crippen MR) is 54.7 cm³/mol. The fraction of sp³-hybridized carbons (Fsp3) is 0.400. The summed E-state index contributed by atoms with van der Waals surface area (Å²) >= 11 is 5.87. The highest BCUT2D eigenvalue weighted by molar-refractivity contribution is 6.33. The van der Waals surface area contributed by atoms with Crippen LogP contribution in [0.25, 0.3) is 0 Å². The third kappa shape index (κ3) is 1.56. The average molecular weight is 184 g/mol. The topological polar surface area (TPSA) is 26.0 Å². The van der Waals surface area contributed by atoms with E-state index in [1.807, 2.05) is 19.1 Å². The molecular formula is C10H14ClN. The summed E-state index contributed by atoms with van der Waals surface area (Å²) in [5.41, 5.74) is 8.88. The summed E-state index contributed by atoms with van der Waals surface area (Å²) in [5.74, 6) is 0.504. The van der Waals surface area contributed by atoms with Gasteiger partial charge in [0.2, 0.25) is 0 Å². The van der Waals surface area contributed by atoms with Crippen LogP contribution in [0.5, 0.6) is 0 Å². The first-order valence-corrected chi connectivity index (χ1v) is 4.46. The van der Waals surface area contributed by atoms with Crippen LogP contribution in [0.3, 0.4) is 0 Å². The van der Waals surface area contributed by atoms with E-state index < -0.39 is 0 Å². The van der Waals surface area contributed by atoms with Crippen LogP contribution in [-0.4, -0.2) is 0 Å². The molecule has 1 rings (SSSR count). The Labute approximate surface area is 78.5 Å². The number of hydrogen-bond donors (Lipinski definition) is 1. The SMILES string of the molecule is Cc1c(C(C)C)ccc(Cl)c1N. The minimum Gasteiger partial charge on any atom is -0.397 e. The maximum atomic E-state index is 5.87. The highest BCUT2D eigenvalue weighted by atomic mass is 35.5. The number of benzene rings is 1. The van der Waals surface area contributed by atoms with E-state index in [1.165, 1.54) is 5.56 Å². The van der Waals surface area contributed by atoms with E-state index in [1.54, 1.807) is 0 Å². The zero-order valence-corrected chi connectivity index (χ0v) is 8.44. The summed E-state index contributed by atoms with van der Waals surface area (Å²) in [6, 6.07) is 3.90. The Morgan fingerprint density at radius 1 is 1.33 bits per heavy atom. The van der Waals surface area contributed by atoms with Gasteiger partial charge in [-0.2, -0.15) is 0 Å². The Hall–Kier alpha value is -0.690. The van der Waals surface area contributed by atoms with Gasteiger partial charge in [-0.3, -0.25) is 0 Å². The lowest BCUT2D eigenvalue weighted by Gasteiger charge is -2.12. The minimum absolute atomic E-state index is 0.504. The highest BCUT2D eigenvalue weighted by Crippen LogP contribution is 2.29. The van der Waals surface area contributed by atoms with Crippen LogP contribution in [0.2, 0.25) is 5.02 Å². The first kappa shape index (κ1) is 9.40. The van der Waals surface area contributed by atoms with Crippen molar-refractivity contribution >= 4 is 17.3 Å². The summed E-state index contributed by atoms with van der Waals surface area (Å²) in [7, 11) is 0. The monoisotopic (exact) mass is 183 g/mol.